The average molecular weight is 428 g/mol. The Labute approximate surface area is 176 Å². The third-order valence-electron chi connectivity index (χ3n) is 4.84. The molecule has 1 aliphatic rings. The van der Waals surface area contributed by atoms with Crippen molar-refractivity contribution in [1.82, 2.24) is 5.32 Å². The molecule has 0 unspecified atom stereocenters. The van der Waals surface area contributed by atoms with Gasteiger partial charge in [-0.2, -0.15) is 0 Å². The van der Waals surface area contributed by atoms with Gasteiger partial charge < -0.3 is 19.2 Å². The molecule has 1 heterocycles. The number of aryl methyl sites for hydroxylation is 1. The van der Waals surface area contributed by atoms with Crippen molar-refractivity contribution in [2.45, 2.75) is 25.9 Å². The minimum atomic E-state index is -0.748. The van der Waals surface area contributed by atoms with E-state index in [0.29, 0.717) is 17.6 Å². The summed E-state index contributed by atoms with van der Waals surface area (Å²) in [6.45, 7) is -0.322. The molecule has 8 heteroatoms. The molecule has 0 radical (unpaired) electrons. The van der Waals surface area contributed by atoms with Crippen molar-refractivity contribution in [3.05, 3.63) is 74.6 Å². The SMILES string of the molecule is O=C(CNC(=O)OCc1ccccc1)Oc1cc2oc(=O)c3c(c2cc1Cl)CCC3. The maximum Gasteiger partial charge on any atom is 0.407 e. The number of halogens is 1. The van der Waals surface area contributed by atoms with Crippen LogP contribution in [0.5, 0.6) is 5.75 Å². The van der Waals surface area contributed by atoms with Crippen LogP contribution in [0.25, 0.3) is 11.0 Å². The highest BCUT2D eigenvalue weighted by Gasteiger charge is 2.21. The number of alkyl carbamates (subject to hydrolysis) is 1. The predicted octanol–water partition coefficient (Wildman–Crippen LogP) is 3.77. The van der Waals surface area contributed by atoms with E-state index in [1.807, 2.05) is 30.3 Å². The predicted molar refractivity (Wildman–Crippen MR) is 110 cm³/mol. The molecule has 0 saturated carbocycles. The van der Waals surface area contributed by atoms with Crippen LogP contribution in [0.15, 0.2) is 51.7 Å². The van der Waals surface area contributed by atoms with E-state index in [2.05, 4.69) is 5.32 Å². The van der Waals surface area contributed by atoms with Crippen LogP contribution in [-0.4, -0.2) is 18.6 Å². The van der Waals surface area contributed by atoms with Gasteiger partial charge in [0.25, 0.3) is 0 Å². The van der Waals surface area contributed by atoms with E-state index in [9.17, 15) is 14.4 Å². The van der Waals surface area contributed by atoms with Crippen LogP contribution < -0.4 is 15.7 Å². The van der Waals surface area contributed by atoms with E-state index in [-0.39, 0.29) is 23.0 Å². The Balaban J connectivity index is 1.38. The lowest BCUT2D eigenvalue weighted by molar-refractivity contribution is -0.133. The molecular weight excluding hydrogens is 410 g/mol. The first-order valence-electron chi connectivity index (χ1n) is 9.44. The van der Waals surface area contributed by atoms with Crippen LogP contribution in [0.2, 0.25) is 5.02 Å². The summed E-state index contributed by atoms with van der Waals surface area (Å²) in [6, 6.07) is 12.2. The summed E-state index contributed by atoms with van der Waals surface area (Å²) < 4.78 is 15.6. The molecule has 3 aromatic rings. The number of benzene rings is 2. The third kappa shape index (κ3) is 4.31. The second kappa shape index (κ2) is 8.59. The fourth-order valence-corrected chi connectivity index (χ4v) is 3.64. The molecule has 4 rings (SSSR count). The highest BCUT2D eigenvalue weighted by atomic mass is 35.5. The molecule has 154 valence electrons. The summed E-state index contributed by atoms with van der Waals surface area (Å²) in [5.74, 6) is -0.689. The van der Waals surface area contributed by atoms with Gasteiger partial charge >= 0.3 is 17.7 Å². The zero-order chi connectivity index (χ0) is 21.1. The Morgan fingerprint density at radius 1 is 1.10 bits per heavy atom. The normalized spacial score (nSPS) is 12.4. The molecular formula is C22H18ClNO6. The maximum atomic E-state index is 12.1. The highest BCUT2D eigenvalue weighted by Crippen LogP contribution is 2.34. The summed E-state index contributed by atoms with van der Waals surface area (Å²) in [4.78, 5) is 36.0. The summed E-state index contributed by atoms with van der Waals surface area (Å²) in [5.41, 5.74) is 2.37. The van der Waals surface area contributed by atoms with Gasteiger partial charge in [0.1, 0.15) is 18.7 Å². The second-order valence-electron chi connectivity index (χ2n) is 6.87. The van der Waals surface area contributed by atoms with Crippen molar-refractivity contribution >= 4 is 34.6 Å². The standard InChI is InChI=1S/C22H18ClNO6/c23-17-9-16-14-7-4-8-15(14)21(26)30-18(16)10-19(17)29-20(25)11-24-22(27)28-12-13-5-2-1-3-6-13/h1-3,5-6,9-10H,4,7-8,11-12H2,(H,24,27). The molecule has 0 spiro atoms. The van der Waals surface area contributed by atoms with Crippen molar-refractivity contribution in [2.24, 2.45) is 0 Å². The second-order valence-corrected chi connectivity index (χ2v) is 7.28. The van der Waals surface area contributed by atoms with Crippen molar-refractivity contribution < 1.29 is 23.5 Å². The van der Waals surface area contributed by atoms with Gasteiger partial charge in [0, 0.05) is 17.0 Å². The van der Waals surface area contributed by atoms with Crippen LogP contribution in [0, 0.1) is 0 Å². The summed E-state index contributed by atoms with van der Waals surface area (Å²) >= 11 is 6.26. The number of esters is 1. The Bertz CT molecular complexity index is 1170. The summed E-state index contributed by atoms with van der Waals surface area (Å²) in [5, 5.41) is 3.28. The molecule has 0 aliphatic heterocycles. The monoisotopic (exact) mass is 427 g/mol. The number of carbonyl (C=O) groups excluding carboxylic acids is 2. The van der Waals surface area contributed by atoms with E-state index in [1.165, 1.54) is 6.07 Å². The Morgan fingerprint density at radius 2 is 1.87 bits per heavy atom. The Morgan fingerprint density at radius 3 is 2.67 bits per heavy atom. The van der Waals surface area contributed by atoms with Crippen LogP contribution in [0.3, 0.4) is 0 Å². The lowest BCUT2D eigenvalue weighted by Crippen LogP contribution is -2.32. The first-order valence-corrected chi connectivity index (χ1v) is 9.82. The molecule has 1 N–H and O–H groups in total. The number of fused-ring (bicyclic) bond motifs is 3. The summed E-state index contributed by atoms with van der Waals surface area (Å²) in [7, 11) is 0. The van der Waals surface area contributed by atoms with Gasteiger partial charge in [-0.1, -0.05) is 41.9 Å². The zero-order valence-corrected chi connectivity index (χ0v) is 16.7. The number of ether oxygens (including phenoxy) is 2. The smallest absolute Gasteiger partial charge is 0.407 e. The molecule has 2 aromatic carbocycles. The molecule has 7 nitrogen and oxygen atoms in total. The fraction of sp³-hybridized carbons (Fsp3) is 0.227. The van der Waals surface area contributed by atoms with Gasteiger partial charge in [-0.3, -0.25) is 0 Å². The van der Waals surface area contributed by atoms with Gasteiger partial charge in [-0.05, 0) is 36.5 Å². The van der Waals surface area contributed by atoms with Crippen molar-refractivity contribution in [2.75, 3.05) is 6.54 Å². The molecule has 0 bridgehead atoms. The van der Waals surface area contributed by atoms with Gasteiger partial charge in [-0.25, -0.2) is 14.4 Å². The van der Waals surface area contributed by atoms with Crippen molar-refractivity contribution in [3.63, 3.8) is 0 Å². The Hall–Kier alpha value is -3.32. The molecule has 0 saturated heterocycles. The molecule has 1 aliphatic carbocycles. The van der Waals surface area contributed by atoms with Crippen LogP contribution in [-0.2, 0) is 29.0 Å². The van der Waals surface area contributed by atoms with E-state index < -0.39 is 18.6 Å². The number of amides is 1. The molecule has 1 aromatic heterocycles. The van der Waals surface area contributed by atoms with E-state index >= 15 is 0 Å². The largest absolute Gasteiger partial charge is 0.445 e. The minimum absolute atomic E-state index is 0.0507. The first kappa shape index (κ1) is 20.0. The van der Waals surface area contributed by atoms with E-state index in [1.54, 1.807) is 6.07 Å². The van der Waals surface area contributed by atoms with Crippen molar-refractivity contribution in [3.8, 4) is 5.75 Å². The number of rotatable bonds is 5. The molecule has 1 amide bonds. The Kier molecular flexibility index (Phi) is 5.72. The van der Waals surface area contributed by atoms with Crippen LogP contribution in [0.1, 0.15) is 23.1 Å². The number of hydrogen-bond acceptors (Lipinski definition) is 6. The van der Waals surface area contributed by atoms with Gasteiger partial charge in [0.05, 0.1) is 5.02 Å². The number of nitrogens with one attached hydrogen (secondary N) is 1. The fourth-order valence-electron chi connectivity index (χ4n) is 3.44. The number of hydrogen-bond donors (Lipinski definition) is 1. The number of carbonyl (C=O) groups is 2. The van der Waals surface area contributed by atoms with Gasteiger partial charge in [0.2, 0.25) is 0 Å². The van der Waals surface area contributed by atoms with Crippen LogP contribution in [0.4, 0.5) is 4.79 Å². The summed E-state index contributed by atoms with van der Waals surface area (Å²) in [6.07, 6.45) is 1.61. The highest BCUT2D eigenvalue weighted by molar-refractivity contribution is 6.33. The lowest BCUT2D eigenvalue weighted by atomic mass is 10.1. The van der Waals surface area contributed by atoms with E-state index in [0.717, 1.165) is 29.4 Å². The van der Waals surface area contributed by atoms with Gasteiger partial charge in [-0.15, -0.1) is 0 Å². The van der Waals surface area contributed by atoms with E-state index in [4.69, 9.17) is 25.5 Å². The minimum Gasteiger partial charge on any atom is -0.445 e. The van der Waals surface area contributed by atoms with Crippen LogP contribution >= 0.6 is 11.6 Å². The lowest BCUT2D eigenvalue weighted by Gasteiger charge is -2.10. The molecule has 30 heavy (non-hydrogen) atoms. The van der Waals surface area contributed by atoms with Crippen molar-refractivity contribution in [1.29, 1.82) is 0 Å². The first-order chi connectivity index (χ1) is 14.5. The third-order valence-corrected chi connectivity index (χ3v) is 5.14. The maximum absolute atomic E-state index is 12.1. The molecule has 0 fully saturated rings. The topological polar surface area (TPSA) is 94.8 Å². The molecule has 0 atom stereocenters. The average Bonchev–Trinajstić information content (AvgIpc) is 3.24. The zero-order valence-electron chi connectivity index (χ0n) is 15.9. The van der Waals surface area contributed by atoms with Gasteiger partial charge in [0.15, 0.2) is 5.75 Å². The quantitative estimate of drug-likeness (QED) is 0.378.